The molecule has 2 N–H and O–H groups in total. The van der Waals surface area contributed by atoms with Gasteiger partial charge in [0.05, 0.1) is 6.10 Å². The van der Waals surface area contributed by atoms with Crippen LogP contribution in [0.5, 0.6) is 0 Å². The predicted octanol–water partition coefficient (Wildman–Crippen LogP) is 0.755. The van der Waals surface area contributed by atoms with E-state index < -0.39 is 0 Å². The number of carbonyl (C=O) groups excluding carboxylic acids is 1. The van der Waals surface area contributed by atoms with Crippen LogP contribution in [0.2, 0.25) is 0 Å². The summed E-state index contributed by atoms with van der Waals surface area (Å²) in [6.45, 7) is 4.47. The smallest absolute Gasteiger partial charge is 0.244 e. The van der Waals surface area contributed by atoms with Crippen molar-refractivity contribution in [2.24, 2.45) is 0 Å². The van der Waals surface area contributed by atoms with Crippen LogP contribution in [0.4, 0.5) is 4.39 Å². The van der Waals surface area contributed by atoms with E-state index in [1.54, 1.807) is 12.1 Å². The number of hydrogen-bond donors (Lipinski definition) is 2. The molecule has 0 spiro atoms. The van der Waals surface area contributed by atoms with Gasteiger partial charge in [0.25, 0.3) is 0 Å². The fraction of sp³-hybridized carbons (Fsp3) is 0.588. The Kier molecular flexibility index (Phi) is 5.25. The van der Waals surface area contributed by atoms with Crippen LogP contribution in [-0.4, -0.2) is 66.2 Å². The number of amides is 1. The third kappa shape index (κ3) is 3.88. The van der Waals surface area contributed by atoms with Crippen molar-refractivity contribution in [3.8, 4) is 0 Å². The number of hydrogen-bond acceptors (Lipinski definition) is 4. The van der Waals surface area contributed by atoms with Crippen molar-refractivity contribution in [2.75, 3.05) is 39.3 Å². The Morgan fingerprint density at radius 3 is 2.35 bits per heavy atom. The zero-order chi connectivity index (χ0) is 16.2. The number of carbonyl (C=O) groups is 1. The van der Waals surface area contributed by atoms with E-state index >= 15 is 0 Å². The zero-order valence-electron chi connectivity index (χ0n) is 13.2. The normalized spacial score (nSPS) is 22.1. The summed E-state index contributed by atoms with van der Waals surface area (Å²) in [6, 6.07) is 5.88. The second kappa shape index (κ2) is 7.38. The third-order valence-corrected chi connectivity index (χ3v) is 4.71. The SMILES string of the molecule is O=C(C(c1ccc(F)cc1)N1CCNCC1)N1CCC(O)CC1. The second-order valence-corrected chi connectivity index (χ2v) is 6.30. The van der Waals surface area contributed by atoms with Gasteiger partial charge >= 0.3 is 0 Å². The van der Waals surface area contributed by atoms with Gasteiger partial charge in [0.1, 0.15) is 11.9 Å². The quantitative estimate of drug-likeness (QED) is 0.863. The number of halogens is 1. The first-order valence-electron chi connectivity index (χ1n) is 8.32. The third-order valence-electron chi connectivity index (χ3n) is 4.71. The number of likely N-dealkylation sites (tertiary alicyclic amines) is 1. The Hall–Kier alpha value is -1.50. The van der Waals surface area contributed by atoms with Crippen molar-refractivity contribution in [1.29, 1.82) is 0 Å². The minimum atomic E-state index is -0.368. The first-order valence-corrected chi connectivity index (χ1v) is 8.32. The van der Waals surface area contributed by atoms with Crippen molar-refractivity contribution < 1.29 is 14.3 Å². The van der Waals surface area contributed by atoms with Crippen LogP contribution in [0.3, 0.4) is 0 Å². The average Bonchev–Trinajstić information content (AvgIpc) is 2.58. The highest BCUT2D eigenvalue weighted by Gasteiger charge is 2.33. The van der Waals surface area contributed by atoms with E-state index in [2.05, 4.69) is 10.2 Å². The molecule has 2 aliphatic heterocycles. The standard InChI is InChI=1S/C17H24FN3O2/c18-14-3-1-13(2-4-14)16(20-11-7-19-8-12-20)17(23)21-9-5-15(22)6-10-21/h1-4,15-16,19,22H,5-12H2. The summed E-state index contributed by atoms with van der Waals surface area (Å²) in [6.07, 6.45) is 0.954. The van der Waals surface area contributed by atoms with Crippen LogP contribution >= 0.6 is 0 Å². The van der Waals surface area contributed by atoms with E-state index in [-0.39, 0.29) is 23.9 Å². The molecule has 2 fully saturated rings. The molecule has 0 aliphatic carbocycles. The van der Waals surface area contributed by atoms with Gasteiger partial charge in [0.2, 0.25) is 5.91 Å². The highest BCUT2D eigenvalue weighted by Crippen LogP contribution is 2.25. The minimum Gasteiger partial charge on any atom is -0.393 e. The van der Waals surface area contributed by atoms with Gasteiger partial charge in [-0.1, -0.05) is 12.1 Å². The van der Waals surface area contributed by atoms with Gasteiger partial charge in [-0.3, -0.25) is 9.69 Å². The lowest BCUT2D eigenvalue weighted by Crippen LogP contribution is -2.51. The van der Waals surface area contributed by atoms with E-state index in [1.807, 2.05) is 4.90 Å². The van der Waals surface area contributed by atoms with Gasteiger partial charge in [-0.15, -0.1) is 0 Å². The molecule has 6 heteroatoms. The molecular weight excluding hydrogens is 297 g/mol. The van der Waals surface area contributed by atoms with E-state index in [4.69, 9.17) is 0 Å². The molecule has 0 radical (unpaired) electrons. The number of rotatable bonds is 3. The van der Waals surface area contributed by atoms with E-state index in [1.165, 1.54) is 12.1 Å². The molecule has 1 amide bonds. The fourth-order valence-electron chi connectivity index (χ4n) is 3.35. The summed E-state index contributed by atoms with van der Waals surface area (Å²) >= 11 is 0. The molecular formula is C17H24FN3O2. The number of nitrogens with one attached hydrogen (secondary N) is 1. The highest BCUT2D eigenvalue weighted by molar-refractivity contribution is 5.83. The molecule has 126 valence electrons. The lowest BCUT2D eigenvalue weighted by Gasteiger charge is -2.39. The van der Waals surface area contributed by atoms with Crippen LogP contribution in [-0.2, 0) is 4.79 Å². The summed E-state index contributed by atoms with van der Waals surface area (Å²) in [7, 11) is 0. The Morgan fingerprint density at radius 2 is 1.74 bits per heavy atom. The fourth-order valence-corrected chi connectivity index (χ4v) is 3.35. The molecule has 0 aromatic heterocycles. The summed E-state index contributed by atoms with van der Waals surface area (Å²) in [5.74, 6) is -0.230. The average molecular weight is 321 g/mol. The van der Waals surface area contributed by atoms with Gasteiger partial charge in [0, 0.05) is 39.3 Å². The van der Waals surface area contributed by atoms with Crippen molar-refractivity contribution in [3.05, 3.63) is 35.6 Å². The number of benzene rings is 1. The molecule has 1 atom stereocenters. The van der Waals surface area contributed by atoms with Crippen molar-refractivity contribution >= 4 is 5.91 Å². The Bertz CT molecular complexity index is 523. The molecule has 5 nitrogen and oxygen atoms in total. The first-order chi connectivity index (χ1) is 11.1. The lowest BCUT2D eigenvalue weighted by atomic mass is 10.0. The molecule has 1 aromatic rings. The summed E-state index contributed by atoms with van der Waals surface area (Å²) in [4.78, 5) is 17.1. The van der Waals surface area contributed by atoms with Gasteiger partial charge in [-0.2, -0.15) is 0 Å². The lowest BCUT2D eigenvalue weighted by molar-refractivity contribution is -0.139. The molecule has 2 aliphatic rings. The number of piperazine rings is 1. The number of nitrogens with zero attached hydrogens (tertiary/aromatic N) is 2. The Labute approximate surface area is 136 Å². The van der Waals surface area contributed by atoms with Crippen molar-refractivity contribution in [2.45, 2.75) is 25.0 Å². The van der Waals surface area contributed by atoms with E-state index in [0.29, 0.717) is 25.9 Å². The topological polar surface area (TPSA) is 55.8 Å². The Morgan fingerprint density at radius 1 is 1.13 bits per heavy atom. The van der Waals surface area contributed by atoms with Crippen LogP contribution in [0, 0.1) is 5.82 Å². The van der Waals surface area contributed by atoms with Crippen molar-refractivity contribution in [3.63, 3.8) is 0 Å². The predicted molar refractivity (Wildman–Crippen MR) is 85.4 cm³/mol. The minimum absolute atomic E-state index is 0.0606. The molecule has 1 aromatic carbocycles. The van der Waals surface area contributed by atoms with Crippen LogP contribution in [0.25, 0.3) is 0 Å². The summed E-state index contributed by atoms with van der Waals surface area (Å²) in [5, 5.41) is 12.9. The molecule has 3 rings (SSSR count). The van der Waals surface area contributed by atoms with Gasteiger partial charge in [-0.25, -0.2) is 4.39 Å². The molecule has 1 unspecified atom stereocenters. The highest BCUT2D eigenvalue weighted by atomic mass is 19.1. The summed E-state index contributed by atoms with van der Waals surface area (Å²) in [5.41, 5.74) is 0.837. The second-order valence-electron chi connectivity index (χ2n) is 6.30. The Balaban J connectivity index is 1.81. The number of piperidine rings is 1. The van der Waals surface area contributed by atoms with Crippen LogP contribution < -0.4 is 5.32 Å². The largest absolute Gasteiger partial charge is 0.393 e. The maximum Gasteiger partial charge on any atom is 0.244 e. The maximum absolute atomic E-state index is 13.2. The van der Waals surface area contributed by atoms with Crippen LogP contribution in [0.15, 0.2) is 24.3 Å². The molecule has 2 saturated heterocycles. The van der Waals surface area contributed by atoms with Crippen LogP contribution in [0.1, 0.15) is 24.4 Å². The molecule has 0 bridgehead atoms. The van der Waals surface area contributed by atoms with E-state index in [0.717, 1.165) is 31.7 Å². The molecule has 0 saturated carbocycles. The van der Waals surface area contributed by atoms with Crippen molar-refractivity contribution in [1.82, 2.24) is 15.1 Å². The van der Waals surface area contributed by atoms with Gasteiger partial charge in [-0.05, 0) is 30.5 Å². The number of aliphatic hydroxyl groups is 1. The monoisotopic (exact) mass is 321 g/mol. The van der Waals surface area contributed by atoms with E-state index in [9.17, 15) is 14.3 Å². The zero-order valence-corrected chi connectivity index (χ0v) is 13.2. The number of aliphatic hydroxyl groups excluding tert-OH is 1. The maximum atomic E-state index is 13.2. The van der Waals surface area contributed by atoms with Gasteiger partial charge in [0.15, 0.2) is 0 Å². The molecule has 2 heterocycles. The summed E-state index contributed by atoms with van der Waals surface area (Å²) < 4.78 is 13.2. The molecule has 23 heavy (non-hydrogen) atoms. The first kappa shape index (κ1) is 16.4. The van der Waals surface area contributed by atoms with Gasteiger partial charge < -0.3 is 15.3 Å².